The predicted octanol–water partition coefficient (Wildman–Crippen LogP) is 1.15. The highest BCUT2D eigenvalue weighted by Crippen LogP contribution is 2.33. The first-order chi connectivity index (χ1) is 14.0. The summed E-state index contributed by atoms with van der Waals surface area (Å²) in [5.41, 5.74) is 7.27. The molecule has 0 aliphatic carbocycles. The van der Waals surface area contributed by atoms with E-state index in [9.17, 15) is 4.79 Å². The fourth-order valence-corrected chi connectivity index (χ4v) is 3.44. The van der Waals surface area contributed by atoms with Crippen molar-refractivity contribution >= 4 is 17.6 Å². The summed E-state index contributed by atoms with van der Waals surface area (Å²) in [4.78, 5) is 18.8. The summed E-state index contributed by atoms with van der Waals surface area (Å²) in [5, 5.41) is 15.8. The maximum absolute atomic E-state index is 11.2. The van der Waals surface area contributed by atoms with Gasteiger partial charge in [0.25, 0.3) is 11.8 Å². The lowest BCUT2D eigenvalue weighted by atomic mass is 10.1. The molecule has 2 aliphatic heterocycles. The summed E-state index contributed by atoms with van der Waals surface area (Å²) in [6.07, 6.45) is 1.47. The van der Waals surface area contributed by atoms with Gasteiger partial charge in [0, 0.05) is 25.8 Å². The van der Waals surface area contributed by atoms with Gasteiger partial charge in [-0.3, -0.25) is 20.5 Å². The minimum absolute atomic E-state index is 0.204. The zero-order valence-electron chi connectivity index (χ0n) is 15.8. The van der Waals surface area contributed by atoms with E-state index in [1.54, 1.807) is 6.20 Å². The molecule has 1 aromatic heterocycles. The van der Waals surface area contributed by atoms with E-state index in [2.05, 4.69) is 9.88 Å². The monoisotopic (exact) mass is 394 g/mol. The van der Waals surface area contributed by atoms with Crippen molar-refractivity contribution in [2.75, 3.05) is 26.2 Å². The first-order valence-corrected chi connectivity index (χ1v) is 9.30. The lowest BCUT2D eigenvalue weighted by Crippen LogP contribution is -2.54. The molecule has 2 aliphatic rings. The average molecular weight is 394 g/mol. The summed E-state index contributed by atoms with van der Waals surface area (Å²) in [7, 11) is 0. The lowest BCUT2D eigenvalue weighted by Gasteiger charge is -2.35. The standard InChI is InChI=1S/C20H22N6O3/c21-17-11-25(8-9-26(17)18(22)19(23)27)10-13-3-5-14(6-4-13)16-12-28-15-2-1-7-24-20(15)29-16/h1-7,16,21-22H,8-12H2,(H2,23,27). The molecule has 9 heteroatoms. The summed E-state index contributed by atoms with van der Waals surface area (Å²) < 4.78 is 11.7. The van der Waals surface area contributed by atoms with Gasteiger partial charge in [-0.2, -0.15) is 0 Å². The first-order valence-electron chi connectivity index (χ1n) is 9.30. The number of fused-ring (bicyclic) bond motifs is 1. The number of pyridine rings is 1. The second kappa shape index (κ2) is 7.88. The summed E-state index contributed by atoms with van der Waals surface area (Å²) in [6.45, 7) is 2.51. The summed E-state index contributed by atoms with van der Waals surface area (Å²) >= 11 is 0. The lowest BCUT2D eigenvalue weighted by molar-refractivity contribution is -0.112. The number of primary amides is 1. The number of amides is 1. The highest BCUT2D eigenvalue weighted by atomic mass is 16.6. The van der Waals surface area contributed by atoms with Gasteiger partial charge >= 0.3 is 0 Å². The van der Waals surface area contributed by atoms with Crippen molar-refractivity contribution in [3.8, 4) is 11.6 Å². The van der Waals surface area contributed by atoms with Crippen molar-refractivity contribution < 1.29 is 14.3 Å². The van der Waals surface area contributed by atoms with Crippen LogP contribution in [-0.4, -0.2) is 58.6 Å². The Morgan fingerprint density at radius 3 is 2.76 bits per heavy atom. The second-order valence-electron chi connectivity index (χ2n) is 6.99. The van der Waals surface area contributed by atoms with Crippen LogP contribution < -0.4 is 15.2 Å². The molecule has 1 amide bonds. The van der Waals surface area contributed by atoms with Gasteiger partial charge in [-0.15, -0.1) is 0 Å². The Morgan fingerprint density at radius 1 is 1.24 bits per heavy atom. The Bertz CT molecular complexity index is 945. The Hall–Kier alpha value is -3.46. The maximum atomic E-state index is 11.2. The third-order valence-electron chi connectivity index (χ3n) is 4.98. The number of nitrogens with one attached hydrogen (secondary N) is 2. The molecule has 0 saturated carbocycles. The van der Waals surface area contributed by atoms with Crippen molar-refractivity contribution in [1.29, 1.82) is 10.8 Å². The molecule has 1 atom stereocenters. The largest absolute Gasteiger partial charge is 0.484 e. The number of hydrogen-bond acceptors (Lipinski definition) is 7. The van der Waals surface area contributed by atoms with Crippen LogP contribution >= 0.6 is 0 Å². The van der Waals surface area contributed by atoms with E-state index < -0.39 is 5.91 Å². The van der Waals surface area contributed by atoms with Crippen LogP contribution in [0.1, 0.15) is 17.2 Å². The van der Waals surface area contributed by atoms with Crippen LogP contribution in [0.25, 0.3) is 0 Å². The third kappa shape index (κ3) is 4.04. The minimum atomic E-state index is -0.814. The van der Waals surface area contributed by atoms with Gasteiger partial charge in [-0.1, -0.05) is 24.3 Å². The fraction of sp³-hybridized carbons (Fsp3) is 0.300. The zero-order chi connectivity index (χ0) is 20.4. The highest BCUT2D eigenvalue weighted by Gasteiger charge is 2.27. The number of carbonyl (C=O) groups excluding carboxylic acids is 1. The Balaban J connectivity index is 1.35. The van der Waals surface area contributed by atoms with E-state index in [0.29, 0.717) is 44.4 Å². The van der Waals surface area contributed by atoms with E-state index in [1.165, 1.54) is 4.90 Å². The number of aromatic nitrogens is 1. The van der Waals surface area contributed by atoms with Gasteiger partial charge < -0.3 is 20.1 Å². The molecular weight excluding hydrogens is 372 g/mol. The molecule has 2 aromatic rings. The quantitative estimate of drug-likeness (QED) is 0.529. The van der Waals surface area contributed by atoms with Crippen LogP contribution in [0.15, 0.2) is 42.6 Å². The van der Waals surface area contributed by atoms with Crippen molar-refractivity contribution in [1.82, 2.24) is 14.8 Å². The Kier molecular flexibility index (Phi) is 5.13. The van der Waals surface area contributed by atoms with Crippen molar-refractivity contribution in [3.05, 3.63) is 53.7 Å². The smallest absolute Gasteiger partial charge is 0.284 e. The molecule has 4 N–H and O–H groups in total. The Morgan fingerprint density at radius 2 is 2.03 bits per heavy atom. The molecule has 0 bridgehead atoms. The van der Waals surface area contributed by atoms with Crippen molar-refractivity contribution in [2.45, 2.75) is 12.6 Å². The summed E-state index contributed by atoms with van der Waals surface area (Å²) in [5.74, 6) is 0.225. The molecule has 1 aromatic carbocycles. The van der Waals surface area contributed by atoms with Gasteiger partial charge in [0.1, 0.15) is 12.4 Å². The van der Waals surface area contributed by atoms with E-state index in [-0.39, 0.29) is 17.8 Å². The van der Waals surface area contributed by atoms with Crippen LogP contribution in [0.4, 0.5) is 0 Å². The molecule has 4 rings (SSSR count). The molecule has 1 fully saturated rings. The van der Waals surface area contributed by atoms with Crippen LogP contribution in [0.5, 0.6) is 11.6 Å². The van der Waals surface area contributed by atoms with Gasteiger partial charge in [-0.05, 0) is 23.3 Å². The topological polar surface area (TPSA) is 129 Å². The molecule has 0 spiro atoms. The van der Waals surface area contributed by atoms with Gasteiger partial charge in [0.15, 0.2) is 17.7 Å². The van der Waals surface area contributed by atoms with Crippen LogP contribution in [0.2, 0.25) is 0 Å². The number of nitrogens with two attached hydrogens (primary N) is 1. The number of piperazine rings is 1. The molecule has 29 heavy (non-hydrogen) atoms. The minimum Gasteiger partial charge on any atom is -0.484 e. The number of hydrogen-bond donors (Lipinski definition) is 3. The number of nitrogens with zero attached hydrogens (tertiary/aromatic N) is 3. The van der Waals surface area contributed by atoms with Crippen LogP contribution in [-0.2, 0) is 11.3 Å². The SMILES string of the molecule is N=C1CN(Cc2ccc(C3COc4cccnc4O3)cc2)CCN1C(=N)C(N)=O. The van der Waals surface area contributed by atoms with Gasteiger partial charge in [0.2, 0.25) is 0 Å². The summed E-state index contributed by atoms with van der Waals surface area (Å²) in [6, 6.07) is 11.8. The molecule has 3 heterocycles. The number of carbonyl (C=O) groups is 1. The van der Waals surface area contributed by atoms with Crippen LogP contribution in [0.3, 0.4) is 0 Å². The number of benzene rings is 1. The molecule has 1 saturated heterocycles. The van der Waals surface area contributed by atoms with E-state index in [1.807, 2.05) is 36.4 Å². The predicted molar refractivity (Wildman–Crippen MR) is 106 cm³/mol. The molecule has 150 valence electrons. The fourth-order valence-electron chi connectivity index (χ4n) is 3.44. The normalized spacial score (nSPS) is 19.1. The number of ether oxygens (including phenoxy) is 2. The van der Waals surface area contributed by atoms with Gasteiger partial charge in [-0.25, -0.2) is 4.98 Å². The maximum Gasteiger partial charge on any atom is 0.284 e. The first kappa shape index (κ1) is 18.9. The zero-order valence-corrected chi connectivity index (χ0v) is 15.8. The van der Waals surface area contributed by atoms with Gasteiger partial charge in [0.05, 0.1) is 6.54 Å². The highest BCUT2D eigenvalue weighted by molar-refractivity contribution is 6.38. The molecule has 0 radical (unpaired) electrons. The third-order valence-corrected chi connectivity index (χ3v) is 4.98. The van der Waals surface area contributed by atoms with E-state index >= 15 is 0 Å². The van der Waals surface area contributed by atoms with Crippen molar-refractivity contribution in [2.24, 2.45) is 5.73 Å². The molecule has 9 nitrogen and oxygen atoms in total. The van der Waals surface area contributed by atoms with Crippen molar-refractivity contribution in [3.63, 3.8) is 0 Å². The number of rotatable bonds is 3. The van der Waals surface area contributed by atoms with E-state index in [0.717, 1.165) is 11.1 Å². The molecular formula is C20H22N6O3. The van der Waals surface area contributed by atoms with Crippen LogP contribution in [0, 0.1) is 10.8 Å². The van der Waals surface area contributed by atoms with E-state index in [4.69, 9.17) is 26.0 Å². The Labute approximate surface area is 168 Å². The molecule has 1 unspecified atom stereocenters. The number of amidine groups is 2. The average Bonchev–Trinajstić information content (AvgIpc) is 2.73. The second-order valence-corrected chi connectivity index (χ2v) is 6.99.